The molecule has 1 aromatic carbocycles. The topological polar surface area (TPSA) is 26.0 Å². The highest BCUT2D eigenvalue weighted by Crippen LogP contribution is 2.20. The van der Waals surface area contributed by atoms with Crippen molar-refractivity contribution in [2.75, 3.05) is 0 Å². The largest absolute Gasteiger partial charge is 0.324 e. The molecule has 0 radical (unpaired) electrons. The smallest absolute Gasteiger partial charge is 0.194 e. The lowest BCUT2D eigenvalue weighted by atomic mass is 10.0. The monoisotopic (exact) mass is 251 g/mol. The Bertz CT molecular complexity index is 345. The first-order valence-electron chi connectivity index (χ1n) is 4.57. The highest BCUT2D eigenvalue weighted by Gasteiger charge is 2.14. The van der Waals surface area contributed by atoms with Gasteiger partial charge in [-0.05, 0) is 30.5 Å². The molecule has 90 valence electrons. The molecule has 0 saturated heterocycles. The van der Waals surface area contributed by atoms with Crippen molar-refractivity contribution in [1.82, 2.24) is 0 Å². The van der Waals surface area contributed by atoms with Gasteiger partial charge in [-0.25, -0.2) is 13.2 Å². The number of nitrogens with two attached hydrogens (primary N) is 1. The molecular formula is C11H13ClF3N. The van der Waals surface area contributed by atoms with Crippen molar-refractivity contribution in [1.29, 1.82) is 0 Å². The van der Waals surface area contributed by atoms with Crippen LogP contribution in [0.15, 0.2) is 24.8 Å². The number of benzene rings is 1. The summed E-state index contributed by atoms with van der Waals surface area (Å²) < 4.78 is 38.3. The van der Waals surface area contributed by atoms with Gasteiger partial charge in [-0.1, -0.05) is 6.08 Å². The van der Waals surface area contributed by atoms with Crippen LogP contribution < -0.4 is 5.73 Å². The molecule has 0 spiro atoms. The van der Waals surface area contributed by atoms with Crippen molar-refractivity contribution < 1.29 is 13.2 Å². The summed E-state index contributed by atoms with van der Waals surface area (Å²) in [5.74, 6) is -3.88. The van der Waals surface area contributed by atoms with Gasteiger partial charge in [0.05, 0.1) is 0 Å². The zero-order chi connectivity index (χ0) is 11.4. The zero-order valence-electron chi connectivity index (χ0n) is 8.55. The third-order valence-corrected chi connectivity index (χ3v) is 2.12. The molecule has 1 aromatic rings. The van der Waals surface area contributed by atoms with Gasteiger partial charge in [0.1, 0.15) is 0 Å². The van der Waals surface area contributed by atoms with E-state index in [2.05, 4.69) is 6.58 Å². The molecular weight excluding hydrogens is 239 g/mol. The van der Waals surface area contributed by atoms with Gasteiger partial charge in [0.25, 0.3) is 0 Å². The first-order chi connectivity index (χ1) is 7.06. The molecule has 2 N–H and O–H groups in total. The minimum Gasteiger partial charge on any atom is -0.324 e. The lowest BCUT2D eigenvalue weighted by Crippen LogP contribution is -2.11. The maximum absolute atomic E-state index is 12.8. The van der Waals surface area contributed by atoms with Gasteiger partial charge in [-0.2, -0.15) is 0 Å². The Labute approximate surface area is 98.6 Å². The predicted molar refractivity (Wildman–Crippen MR) is 59.9 cm³/mol. The van der Waals surface area contributed by atoms with E-state index in [0.717, 1.165) is 12.1 Å². The molecule has 0 heterocycles. The number of allylic oxidation sites excluding steroid dienone is 1. The van der Waals surface area contributed by atoms with Crippen LogP contribution in [0.5, 0.6) is 0 Å². The molecule has 0 aliphatic heterocycles. The second kappa shape index (κ2) is 6.55. The first-order valence-corrected chi connectivity index (χ1v) is 4.57. The first kappa shape index (κ1) is 15.0. The Morgan fingerprint density at radius 3 is 2.19 bits per heavy atom. The summed E-state index contributed by atoms with van der Waals surface area (Å²) in [7, 11) is 0. The van der Waals surface area contributed by atoms with Gasteiger partial charge in [0.2, 0.25) is 0 Å². The van der Waals surface area contributed by atoms with Crippen molar-refractivity contribution in [3.8, 4) is 0 Å². The van der Waals surface area contributed by atoms with Crippen molar-refractivity contribution in [3.05, 3.63) is 47.8 Å². The van der Waals surface area contributed by atoms with E-state index in [1.165, 1.54) is 0 Å². The van der Waals surface area contributed by atoms with E-state index < -0.39 is 23.5 Å². The van der Waals surface area contributed by atoms with Gasteiger partial charge < -0.3 is 5.73 Å². The molecule has 0 aliphatic carbocycles. The predicted octanol–water partition coefficient (Wildman–Crippen LogP) is 3.49. The fraction of sp³-hybridized carbons (Fsp3) is 0.273. The van der Waals surface area contributed by atoms with Crippen molar-refractivity contribution in [2.24, 2.45) is 5.73 Å². The third kappa shape index (κ3) is 3.54. The summed E-state index contributed by atoms with van der Waals surface area (Å²) in [6, 6.07) is 1.34. The second-order valence-corrected chi connectivity index (χ2v) is 3.27. The normalized spacial score (nSPS) is 11.8. The molecule has 1 atom stereocenters. The third-order valence-electron chi connectivity index (χ3n) is 2.12. The molecule has 5 heteroatoms. The van der Waals surface area contributed by atoms with Gasteiger partial charge >= 0.3 is 0 Å². The number of hydrogen-bond acceptors (Lipinski definition) is 1. The van der Waals surface area contributed by atoms with Crippen LogP contribution in [0.25, 0.3) is 0 Å². The quantitative estimate of drug-likeness (QED) is 0.643. The minimum absolute atomic E-state index is 0. The maximum atomic E-state index is 12.8. The van der Waals surface area contributed by atoms with E-state index in [1.54, 1.807) is 6.08 Å². The number of rotatable bonds is 4. The van der Waals surface area contributed by atoms with Gasteiger partial charge in [0, 0.05) is 6.04 Å². The van der Waals surface area contributed by atoms with Crippen molar-refractivity contribution >= 4 is 12.4 Å². The molecule has 0 aliphatic rings. The summed E-state index contributed by atoms with van der Waals surface area (Å²) in [4.78, 5) is 0. The molecule has 0 aromatic heterocycles. The summed E-state index contributed by atoms with van der Waals surface area (Å²) >= 11 is 0. The molecule has 0 saturated carbocycles. The zero-order valence-corrected chi connectivity index (χ0v) is 9.37. The van der Waals surface area contributed by atoms with Gasteiger partial charge in [-0.3, -0.25) is 0 Å². The highest BCUT2D eigenvalue weighted by atomic mass is 35.5. The Morgan fingerprint density at radius 2 is 1.75 bits per heavy atom. The van der Waals surface area contributed by atoms with Crippen LogP contribution >= 0.6 is 12.4 Å². The molecule has 0 fully saturated rings. The van der Waals surface area contributed by atoms with E-state index in [9.17, 15) is 13.2 Å². The summed E-state index contributed by atoms with van der Waals surface area (Å²) in [6.45, 7) is 3.51. The summed E-state index contributed by atoms with van der Waals surface area (Å²) in [5.41, 5.74) is 5.92. The number of hydrogen-bond donors (Lipinski definition) is 1. The standard InChI is InChI=1S/C11H12F3N.ClH/c1-2-3-4-10(15)7-5-8(12)11(14)9(13)6-7;/h2,5-6,10H,1,3-4,15H2;1H/t10-;/m1./s1. The Morgan fingerprint density at radius 1 is 1.25 bits per heavy atom. The molecule has 16 heavy (non-hydrogen) atoms. The van der Waals surface area contributed by atoms with E-state index >= 15 is 0 Å². The van der Waals surface area contributed by atoms with Crippen LogP contribution in [0.3, 0.4) is 0 Å². The number of halogens is 4. The highest BCUT2D eigenvalue weighted by molar-refractivity contribution is 5.85. The van der Waals surface area contributed by atoms with Crippen LogP contribution in [-0.2, 0) is 0 Å². The Kier molecular flexibility index (Phi) is 6.14. The van der Waals surface area contributed by atoms with Crippen LogP contribution in [0.1, 0.15) is 24.4 Å². The lowest BCUT2D eigenvalue weighted by molar-refractivity contribution is 0.443. The van der Waals surface area contributed by atoms with Gasteiger partial charge in [0.15, 0.2) is 17.5 Å². The molecule has 0 bridgehead atoms. The van der Waals surface area contributed by atoms with E-state index in [1.807, 2.05) is 0 Å². The summed E-state index contributed by atoms with van der Waals surface area (Å²) in [6.07, 6.45) is 2.83. The van der Waals surface area contributed by atoms with E-state index in [4.69, 9.17) is 5.73 Å². The van der Waals surface area contributed by atoms with Crippen LogP contribution in [0.2, 0.25) is 0 Å². The van der Waals surface area contributed by atoms with Crippen molar-refractivity contribution in [2.45, 2.75) is 18.9 Å². The maximum Gasteiger partial charge on any atom is 0.194 e. The fourth-order valence-electron chi connectivity index (χ4n) is 1.25. The van der Waals surface area contributed by atoms with Crippen LogP contribution in [0, 0.1) is 17.5 Å². The van der Waals surface area contributed by atoms with Gasteiger partial charge in [-0.15, -0.1) is 19.0 Å². The Hall–Kier alpha value is -1.00. The lowest BCUT2D eigenvalue weighted by Gasteiger charge is -2.11. The fourth-order valence-corrected chi connectivity index (χ4v) is 1.25. The van der Waals surface area contributed by atoms with Crippen molar-refractivity contribution in [3.63, 3.8) is 0 Å². The van der Waals surface area contributed by atoms with Crippen LogP contribution in [-0.4, -0.2) is 0 Å². The molecule has 1 nitrogen and oxygen atoms in total. The van der Waals surface area contributed by atoms with E-state index in [-0.39, 0.29) is 18.0 Å². The molecule has 1 rings (SSSR count). The van der Waals surface area contributed by atoms with E-state index in [0.29, 0.717) is 12.8 Å². The molecule has 0 unspecified atom stereocenters. The molecule has 0 amide bonds. The second-order valence-electron chi connectivity index (χ2n) is 3.27. The SMILES string of the molecule is C=CCC[C@@H](N)c1cc(F)c(F)c(F)c1.Cl. The average molecular weight is 252 g/mol. The summed E-state index contributed by atoms with van der Waals surface area (Å²) in [5, 5.41) is 0. The Balaban J connectivity index is 0.00000225. The minimum atomic E-state index is -1.46. The average Bonchev–Trinajstić information content (AvgIpc) is 2.21. The van der Waals surface area contributed by atoms with Crippen LogP contribution in [0.4, 0.5) is 13.2 Å².